The first kappa shape index (κ1) is 24.0. The van der Waals surface area contributed by atoms with Crippen molar-refractivity contribution in [2.45, 2.75) is 65.3 Å². The largest absolute Gasteiger partial charge is 0.448 e. The van der Waals surface area contributed by atoms with Gasteiger partial charge in [-0.15, -0.1) is 0 Å². The second-order valence-corrected chi connectivity index (χ2v) is 8.79. The first-order valence-corrected chi connectivity index (χ1v) is 10.7. The minimum absolute atomic E-state index is 0.0298. The van der Waals surface area contributed by atoms with Crippen molar-refractivity contribution in [1.82, 2.24) is 20.7 Å². The Kier molecular flexibility index (Phi) is 6.89. The van der Waals surface area contributed by atoms with E-state index in [0.717, 1.165) is 5.01 Å². The lowest BCUT2D eigenvalue weighted by atomic mass is 10.0. The number of amides is 5. The number of ether oxygens (including phenoxy) is 2. The zero-order valence-electron chi connectivity index (χ0n) is 19.1. The van der Waals surface area contributed by atoms with Crippen molar-refractivity contribution in [3.8, 4) is 0 Å². The zero-order chi connectivity index (χ0) is 24.3. The number of rotatable bonds is 4. The summed E-state index contributed by atoms with van der Waals surface area (Å²) in [4.78, 5) is 62.4. The zero-order valence-corrected chi connectivity index (χ0v) is 19.1. The molecule has 0 bridgehead atoms. The minimum Gasteiger partial charge on any atom is -0.448 e. The highest BCUT2D eigenvalue weighted by Gasteiger charge is 2.39. The highest BCUT2D eigenvalue weighted by Crippen LogP contribution is 2.28. The number of hydrogen-bond acceptors (Lipinski definition) is 7. The summed E-state index contributed by atoms with van der Waals surface area (Å²) in [5, 5.41) is 3.26. The second kappa shape index (κ2) is 9.47. The number of piperidine rings is 1. The van der Waals surface area contributed by atoms with Gasteiger partial charge in [0.1, 0.15) is 11.6 Å². The molecule has 178 valence electrons. The van der Waals surface area contributed by atoms with Crippen LogP contribution in [-0.2, 0) is 32.2 Å². The Bertz CT molecular complexity index is 985. The van der Waals surface area contributed by atoms with E-state index < -0.39 is 29.7 Å². The van der Waals surface area contributed by atoms with Gasteiger partial charge in [0.2, 0.25) is 11.8 Å². The molecule has 2 heterocycles. The summed E-state index contributed by atoms with van der Waals surface area (Å²) in [7, 11) is 0. The molecule has 1 saturated heterocycles. The van der Waals surface area contributed by atoms with Crippen LogP contribution in [0.2, 0.25) is 0 Å². The van der Waals surface area contributed by atoms with E-state index in [0.29, 0.717) is 16.7 Å². The van der Waals surface area contributed by atoms with Gasteiger partial charge in [-0.25, -0.2) is 20.0 Å². The third kappa shape index (κ3) is 5.79. The number of hydrogen-bond donors (Lipinski definition) is 2. The van der Waals surface area contributed by atoms with Gasteiger partial charge in [-0.1, -0.05) is 12.1 Å². The lowest BCUT2D eigenvalue weighted by Crippen LogP contribution is -2.52. The van der Waals surface area contributed by atoms with Crippen molar-refractivity contribution < 1.29 is 33.4 Å². The summed E-state index contributed by atoms with van der Waals surface area (Å²) in [6.45, 7) is 7.04. The molecule has 2 N–H and O–H groups in total. The van der Waals surface area contributed by atoms with Crippen LogP contribution in [0, 0.1) is 0 Å². The number of nitrogens with zero attached hydrogens (tertiary/aromatic N) is 2. The van der Waals surface area contributed by atoms with E-state index in [1.807, 2.05) is 0 Å². The first-order chi connectivity index (χ1) is 15.5. The predicted octanol–water partition coefficient (Wildman–Crippen LogP) is 1.85. The SMILES string of the molecule is CCOC(=O)N(Cc1ccc2c(c1)CN(C1CCC(=O)NC1=O)C2=O)NC(=O)OC(C)(C)C. The number of hydrazine groups is 1. The van der Waals surface area contributed by atoms with Gasteiger partial charge in [-0.05, 0) is 51.3 Å². The van der Waals surface area contributed by atoms with E-state index in [4.69, 9.17) is 9.47 Å². The molecule has 1 fully saturated rings. The molecule has 11 nitrogen and oxygen atoms in total. The van der Waals surface area contributed by atoms with Crippen LogP contribution in [0.3, 0.4) is 0 Å². The van der Waals surface area contributed by atoms with E-state index in [2.05, 4.69) is 10.7 Å². The topological polar surface area (TPSA) is 134 Å². The van der Waals surface area contributed by atoms with Crippen molar-refractivity contribution >= 4 is 29.9 Å². The summed E-state index contributed by atoms with van der Waals surface area (Å²) in [5.74, 6) is -1.12. The summed E-state index contributed by atoms with van der Waals surface area (Å²) in [5.41, 5.74) is 3.41. The molecule has 3 rings (SSSR count). The third-order valence-corrected chi connectivity index (χ3v) is 5.04. The molecule has 0 radical (unpaired) electrons. The van der Waals surface area contributed by atoms with Crippen molar-refractivity contribution in [3.05, 3.63) is 34.9 Å². The van der Waals surface area contributed by atoms with Crippen molar-refractivity contribution in [3.63, 3.8) is 0 Å². The van der Waals surface area contributed by atoms with E-state index in [1.165, 1.54) is 4.90 Å². The molecule has 0 aliphatic carbocycles. The van der Waals surface area contributed by atoms with Crippen LogP contribution in [0.1, 0.15) is 62.0 Å². The van der Waals surface area contributed by atoms with Crippen LogP contribution in [-0.4, -0.2) is 58.1 Å². The third-order valence-electron chi connectivity index (χ3n) is 5.04. The predicted molar refractivity (Wildman–Crippen MR) is 114 cm³/mol. The van der Waals surface area contributed by atoms with Gasteiger partial charge < -0.3 is 14.4 Å². The van der Waals surface area contributed by atoms with Gasteiger partial charge in [0.15, 0.2) is 0 Å². The Labute approximate surface area is 191 Å². The molecule has 33 heavy (non-hydrogen) atoms. The van der Waals surface area contributed by atoms with E-state index in [-0.39, 0.29) is 44.4 Å². The molecule has 1 unspecified atom stereocenters. The molecule has 0 spiro atoms. The van der Waals surface area contributed by atoms with Crippen LogP contribution in [0.15, 0.2) is 18.2 Å². The summed E-state index contributed by atoms with van der Waals surface area (Å²) >= 11 is 0. The normalized spacial score (nSPS) is 17.9. The number of imide groups is 1. The molecular weight excluding hydrogens is 432 g/mol. The molecule has 2 aliphatic rings. The fraction of sp³-hybridized carbons (Fsp3) is 0.500. The lowest BCUT2D eigenvalue weighted by molar-refractivity contribution is -0.136. The Morgan fingerprint density at radius 1 is 1.24 bits per heavy atom. The molecule has 1 aromatic carbocycles. The molecule has 5 amide bonds. The van der Waals surface area contributed by atoms with Crippen molar-refractivity contribution in [2.24, 2.45) is 0 Å². The summed E-state index contributed by atoms with van der Waals surface area (Å²) in [6, 6.07) is 4.31. The van der Waals surface area contributed by atoms with Crippen LogP contribution >= 0.6 is 0 Å². The Hall–Kier alpha value is -3.63. The summed E-state index contributed by atoms with van der Waals surface area (Å²) < 4.78 is 10.2. The number of carbonyl (C=O) groups is 5. The molecule has 0 saturated carbocycles. The average molecular weight is 460 g/mol. The number of fused-ring (bicyclic) bond motifs is 1. The van der Waals surface area contributed by atoms with Crippen LogP contribution < -0.4 is 10.7 Å². The Morgan fingerprint density at radius 2 is 1.97 bits per heavy atom. The summed E-state index contributed by atoms with van der Waals surface area (Å²) in [6.07, 6.45) is -1.12. The monoisotopic (exact) mass is 460 g/mol. The quantitative estimate of drug-likeness (QED) is 0.517. The van der Waals surface area contributed by atoms with E-state index in [1.54, 1.807) is 45.9 Å². The Balaban J connectivity index is 1.74. The van der Waals surface area contributed by atoms with Crippen molar-refractivity contribution in [1.29, 1.82) is 0 Å². The smallest absolute Gasteiger partial charge is 0.429 e. The minimum atomic E-state index is -0.809. The molecule has 0 aromatic heterocycles. The maximum absolute atomic E-state index is 12.8. The number of carbonyl (C=O) groups excluding carboxylic acids is 5. The molecule has 1 atom stereocenters. The fourth-order valence-electron chi connectivity index (χ4n) is 3.67. The van der Waals surface area contributed by atoms with Crippen molar-refractivity contribution in [2.75, 3.05) is 6.61 Å². The highest BCUT2D eigenvalue weighted by atomic mass is 16.6. The molecular formula is C22H28N4O7. The van der Waals surface area contributed by atoms with Gasteiger partial charge in [-0.3, -0.25) is 19.7 Å². The maximum Gasteiger partial charge on any atom is 0.429 e. The van der Waals surface area contributed by atoms with Gasteiger partial charge in [0.25, 0.3) is 5.91 Å². The standard InChI is InChI=1S/C22H28N4O7/c1-5-32-21(31)26(24-20(30)33-22(2,3)4)11-13-6-7-15-14(10-13)12-25(19(15)29)16-8-9-17(27)23-18(16)28/h6-7,10,16H,5,8-9,11-12H2,1-4H3,(H,24,30)(H,23,27,28). The first-order valence-electron chi connectivity index (χ1n) is 10.7. The fourth-order valence-corrected chi connectivity index (χ4v) is 3.67. The van der Waals surface area contributed by atoms with Crippen LogP contribution in [0.5, 0.6) is 0 Å². The van der Waals surface area contributed by atoms with Gasteiger partial charge in [0, 0.05) is 18.5 Å². The van der Waals surface area contributed by atoms with Gasteiger partial charge in [0.05, 0.1) is 13.2 Å². The Morgan fingerprint density at radius 3 is 2.61 bits per heavy atom. The molecule has 1 aromatic rings. The van der Waals surface area contributed by atoms with Crippen LogP contribution in [0.25, 0.3) is 0 Å². The van der Waals surface area contributed by atoms with Crippen LogP contribution in [0.4, 0.5) is 9.59 Å². The highest BCUT2D eigenvalue weighted by molar-refractivity contribution is 6.05. The molecule has 11 heteroatoms. The van der Waals surface area contributed by atoms with E-state index in [9.17, 15) is 24.0 Å². The maximum atomic E-state index is 12.8. The number of nitrogens with one attached hydrogen (secondary N) is 2. The molecule has 2 aliphatic heterocycles. The van der Waals surface area contributed by atoms with E-state index >= 15 is 0 Å². The average Bonchev–Trinajstić information content (AvgIpc) is 3.02. The number of benzene rings is 1. The van der Waals surface area contributed by atoms with Gasteiger partial charge in [-0.2, -0.15) is 0 Å². The lowest BCUT2D eigenvalue weighted by Gasteiger charge is -2.29. The van der Waals surface area contributed by atoms with Gasteiger partial charge >= 0.3 is 12.2 Å². The second-order valence-electron chi connectivity index (χ2n) is 8.79.